The molecule has 102 valence electrons. The van der Waals surface area contributed by atoms with Gasteiger partial charge in [-0.25, -0.2) is 0 Å². The van der Waals surface area contributed by atoms with Crippen molar-refractivity contribution in [2.45, 2.75) is 33.7 Å². The van der Waals surface area contributed by atoms with Crippen LogP contribution in [0.25, 0.3) is 0 Å². The van der Waals surface area contributed by atoms with Crippen LogP contribution in [0.15, 0.2) is 28.7 Å². The number of hydrogen-bond donors (Lipinski definition) is 1. The van der Waals surface area contributed by atoms with Crippen LogP contribution in [-0.4, -0.2) is 6.54 Å². The molecule has 0 bridgehead atoms. The van der Waals surface area contributed by atoms with Crippen molar-refractivity contribution >= 4 is 27.3 Å². The van der Waals surface area contributed by atoms with E-state index in [2.05, 4.69) is 73.2 Å². The molecule has 2 aromatic rings. The van der Waals surface area contributed by atoms with Crippen molar-refractivity contribution in [3.63, 3.8) is 0 Å². The van der Waals surface area contributed by atoms with Gasteiger partial charge in [0.15, 0.2) is 0 Å². The number of benzene rings is 1. The van der Waals surface area contributed by atoms with Gasteiger partial charge in [0, 0.05) is 14.2 Å². The molecule has 1 aromatic carbocycles. The molecule has 1 nitrogen and oxygen atoms in total. The molecular formula is C16H20BrNS. The molecule has 1 atom stereocenters. The van der Waals surface area contributed by atoms with Gasteiger partial charge in [0.25, 0.3) is 0 Å². The van der Waals surface area contributed by atoms with Crippen LogP contribution in [0.5, 0.6) is 0 Å². The van der Waals surface area contributed by atoms with Gasteiger partial charge >= 0.3 is 0 Å². The molecule has 0 spiro atoms. The van der Waals surface area contributed by atoms with Gasteiger partial charge in [-0.15, -0.1) is 11.3 Å². The van der Waals surface area contributed by atoms with Crippen LogP contribution in [0.1, 0.15) is 39.4 Å². The molecule has 3 heteroatoms. The van der Waals surface area contributed by atoms with E-state index in [0.717, 1.165) is 6.54 Å². The lowest BCUT2D eigenvalue weighted by Gasteiger charge is -2.20. The standard InChI is InChI=1S/C16H20BrNS/c1-5-18-16(14-9-11(3)19-12(14)4)13-7-6-10(2)8-15(13)17/h6-9,16,18H,5H2,1-4H3. The van der Waals surface area contributed by atoms with Crippen LogP contribution >= 0.6 is 27.3 Å². The van der Waals surface area contributed by atoms with Crippen molar-refractivity contribution in [3.05, 3.63) is 55.2 Å². The Hall–Kier alpha value is -0.640. The molecule has 1 N–H and O–H groups in total. The summed E-state index contributed by atoms with van der Waals surface area (Å²) in [7, 11) is 0. The number of hydrogen-bond acceptors (Lipinski definition) is 2. The molecule has 1 aromatic heterocycles. The number of thiophene rings is 1. The Morgan fingerprint density at radius 1 is 1.16 bits per heavy atom. The van der Waals surface area contributed by atoms with Gasteiger partial charge < -0.3 is 5.32 Å². The first-order valence-electron chi connectivity index (χ1n) is 6.59. The lowest BCUT2D eigenvalue weighted by Crippen LogP contribution is -2.22. The first-order valence-corrected chi connectivity index (χ1v) is 8.20. The molecule has 2 rings (SSSR count). The highest BCUT2D eigenvalue weighted by atomic mass is 79.9. The smallest absolute Gasteiger partial charge is 0.0598 e. The first kappa shape index (κ1) is 14.8. The van der Waals surface area contributed by atoms with Crippen molar-refractivity contribution in [1.29, 1.82) is 0 Å². The molecule has 0 amide bonds. The third-order valence-corrected chi connectivity index (χ3v) is 4.93. The molecule has 1 heterocycles. The van der Waals surface area contributed by atoms with Crippen molar-refractivity contribution in [2.75, 3.05) is 6.54 Å². The summed E-state index contributed by atoms with van der Waals surface area (Å²) in [6.45, 7) is 9.62. The largest absolute Gasteiger partial charge is 0.306 e. The van der Waals surface area contributed by atoms with E-state index in [4.69, 9.17) is 0 Å². The number of rotatable bonds is 4. The van der Waals surface area contributed by atoms with Gasteiger partial charge in [0.05, 0.1) is 6.04 Å². The van der Waals surface area contributed by atoms with Crippen LogP contribution in [0.4, 0.5) is 0 Å². The summed E-state index contributed by atoms with van der Waals surface area (Å²) in [4.78, 5) is 2.77. The van der Waals surface area contributed by atoms with E-state index in [-0.39, 0.29) is 6.04 Å². The fourth-order valence-electron chi connectivity index (χ4n) is 2.39. The number of halogens is 1. The Balaban J connectivity index is 2.48. The summed E-state index contributed by atoms with van der Waals surface area (Å²) in [6.07, 6.45) is 0. The predicted octanol–water partition coefficient (Wildman–Crippen LogP) is 5.13. The number of aryl methyl sites for hydroxylation is 3. The fourth-order valence-corrected chi connectivity index (χ4v) is 4.08. The first-order chi connectivity index (χ1) is 9.02. The second-order valence-electron chi connectivity index (χ2n) is 4.88. The molecule has 0 radical (unpaired) electrons. The highest BCUT2D eigenvalue weighted by molar-refractivity contribution is 9.10. The van der Waals surface area contributed by atoms with E-state index in [0.29, 0.717) is 0 Å². The minimum Gasteiger partial charge on any atom is -0.306 e. The second kappa shape index (κ2) is 6.21. The Bertz CT molecular complexity index is 574. The summed E-state index contributed by atoms with van der Waals surface area (Å²) in [5.74, 6) is 0. The van der Waals surface area contributed by atoms with E-state index < -0.39 is 0 Å². The van der Waals surface area contributed by atoms with Crippen LogP contribution < -0.4 is 5.32 Å². The van der Waals surface area contributed by atoms with Crippen molar-refractivity contribution < 1.29 is 0 Å². The van der Waals surface area contributed by atoms with E-state index in [1.165, 1.54) is 30.9 Å². The fraction of sp³-hybridized carbons (Fsp3) is 0.375. The highest BCUT2D eigenvalue weighted by Crippen LogP contribution is 2.34. The average Bonchev–Trinajstić information content (AvgIpc) is 2.66. The minimum atomic E-state index is 0.268. The lowest BCUT2D eigenvalue weighted by atomic mass is 9.98. The maximum absolute atomic E-state index is 3.71. The molecule has 1 unspecified atom stereocenters. The third-order valence-electron chi connectivity index (χ3n) is 3.27. The van der Waals surface area contributed by atoms with Crippen LogP contribution in [-0.2, 0) is 0 Å². The summed E-state index contributed by atoms with van der Waals surface area (Å²) >= 11 is 5.58. The summed E-state index contributed by atoms with van der Waals surface area (Å²) < 4.78 is 1.18. The lowest BCUT2D eigenvalue weighted by molar-refractivity contribution is 0.627. The van der Waals surface area contributed by atoms with Gasteiger partial charge in [-0.1, -0.05) is 35.0 Å². The Labute approximate surface area is 128 Å². The topological polar surface area (TPSA) is 12.0 Å². The molecule has 0 aliphatic heterocycles. The maximum atomic E-state index is 3.71. The summed E-state index contributed by atoms with van der Waals surface area (Å²) in [6, 6.07) is 9.16. The van der Waals surface area contributed by atoms with Gasteiger partial charge in [-0.3, -0.25) is 0 Å². The molecule has 19 heavy (non-hydrogen) atoms. The van der Waals surface area contributed by atoms with Crippen LogP contribution in [0, 0.1) is 20.8 Å². The second-order valence-corrected chi connectivity index (χ2v) is 7.20. The molecule has 0 saturated carbocycles. The van der Waals surface area contributed by atoms with E-state index in [9.17, 15) is 0 Å². The van der Waals surface area contributed by atoms with Crippen LogP contribution in [0.3, 0.4) is 0 Å². The Morgan fingerprint density at radius 3 is 2.42 bits per heavy atom. The predicted molar refractivity (Wildman–Crippen MR) is 88.2 cm³/mol. The zero-order chi connectivity index (χ0) is 14.0. The summed E-state index contributed by atoms with van der Waals surface area (Å²) in [5, 5.41) is 3.61. The summed E-state index contributed by atoms with van der Waals surface area (Å²) in [5.41, 5.74) is 3.99. The zero-order valence-electron chi connectivity index (χ0n) is 11.9. The molecule has 0 aliphatic rings. The van der Waals surface area contributed by atoms with E-state index >= 15 is 0 Å². The average molecular weight is 338 g/mol. The molecule has 0 aliphatic carbocycles. The van der Waals surface area contributed by atoms with Crippen molar-refractivity contribution in [1.82, 2.24) is 5.32 Å². The molecular weight excluding hydrogens is 318 g/mol. The monoisotopic (exact) mass is 337 g/mol. The van der Waals surface area contributed by atoms with Gasteiger partial charge in [0.2, 0.25) is 0 Å². The SMILES string of the molecule is CCNC(c1ccc(C)cc1Br)c1cc(C)sc1C. The maximum Gasteiger partial charge on any atom is 0.0598 e. The van der Waals surface area contributed by atoms with Crippen LogP contribution in [0.2, 0.25) is 0 Å². The molecule has 0 saturated heterocycles. The van der Waals surface area contributed by atoms with Crippen molar-refractivity contribution in [3.8, 4) is 0 Å². The Kier molecular flexibility index (Phi) is 4.82. The minimum absolute atomic E-state index is 0.268. The third kappa shape index (κ3) is 3.28. The van der Waals surface area contributed by atoms with Gasteiger partial charge in [-0.2, -0.15) is 0 Å². The quantitative estimate of drug-likeness (QED) is 0.814. The molecule has 0 fully saturated rings. The van der Waals surface area contributed by atoms with Gasteiger partial charge in [-0.05, 0) is 56.1 Å². The zero-order valence-corrected chi connectivity index (χ0v) is 14.3. The Morgan fingerprint density at radius 2 is 1.89 bits per heavy atom. The number of nitrogens with one attached hydrogen (secondary N) is 1. The van der Waals surface area contributed by atoms with Gasteiger partial charge in [0.1, 0.15) is 0 Å². The normalized spacial score (nSPS) is 12.7. The van der Waals surface area contributed by atoms with E-state index in [1.54, 1.807) is 0 Å². The highest BCUT2D eigenvalue weighted by Gasteiger charge is 2.19. The van der Waals surface area contributed by atoms with Crippen molar-refractivity contribution in [2.24, 2.45) is 0 Å². The van der Waals surface area contributed by atoms with E-state index in [1.807, 2.05) is 11.3 Å².